The van der Waals surface area contributed by atoms with Gasteiger partial charge in [0.05, 0.1) is 16.8 Å². The van der Waals surface area contributed by atoms with Crippen molar-refractivity contribution in [2.75, 3.05) is 25.0 Å². The lowest BCUT2D eigenvalue weighted by molar-refractivity contribution is 0.0923. The molecule has 3 rings (SSSR count). The predicted octanol–water partition coefficient (Wildman–Crippen LogP) is 3.12. The van der Waals surface area contributed by atoms with Crippen LogP contribution < -0.4 is 16.0 Å². The zero-order valence-corrected chi connectivity index (χ0v) is 15.1. The fourth-order valence-electron chi connectivity index (χ4n) is 2.97. The van der Waals surface area contributed by atoms with Crippen LogP contribution >= 0.6 is 11.3 Å². The first-order valence-corrected chi connectivity index (χ1v) is 9.43. The molecule has 1 fully saturated rings. The minimum absolute atomic E-state index is 0.121. The van der Waals surface area contributed by atoms with Crippen LogP contribution in [0.4, 0.5) is 5.69 Å². The van der Waals surface area contributed by atoms with E-state index in [9.17, 15) is 9.59 Å². The summed E-state index contributed by atoms with van der Waals surface area (Å²) in [6.45, 7) is 4.82. The summed E-state index contributed by atoms with van der Waals surface area (Å²) in [6, 6.07) is 8.88. The van der Waals surface area contributed by atoms with E-state index in [0.717, 1.165) is 25.9 Å². The van der Waals surface area contributed by atoms with Gasteiger partial charge in [0.2, 0.25) is 0 Å². The second kappa shape index (κ2) is 7.80. The first-order valence-electron chi connectivity index (χ1n) is 8.49. The number of piperidine rings is 1. The molecule has 3 N–H and O–H groups in total. The number of rotatable bonds is 5. The molecule has 0 bridgehead atoms. The van der Waals surface area contributed by atoms with Gasteiger partial charge in [-0.2, -0.15) is 11.3 Å². The summed E-state index contributed by atoms with van der Waals surface area (Å²) in [5, 5.41) is 12.9. The van der Waals surface area contributed by atoms with Crippen molar-refractivity contribution >= 4 is 28.8 Å². The Balaban J connectivity index is 1.67. The average Bonchev–Trinajstić information content (AvgIpc) is 3.16. The van der Waals surface area contributed by atoms with Crippen molar-refractivity contribution in [2.24, 2.45) is 5.41 Å². The lowest BCUT2D eigenvalue weighted by Crippen LogP contribution is -2.43. The van der Waals surface area contributed by atoms with Gasteiger partial charge in [-0.05, 0) is 54.9 Å². The molecule has 2 amide bonds. The number of carbonyl (C=O) groups excluding carboxylic acids is 2. The molecule has 0 spiro atoms. The Bertz CT molecular complexity index is 737. The van der Waals surface area contributed by atoms with Crippen molar-refractivity contribution in [3.05, 3.63) is 52.2 Å². The number of benzene rings is 1. The van der Waals surface area contributed by atoms with E-state index < -0.39 is 0 Å². The molecule has 1 aliphatic rings. The molecule has 0 atom stereocenters. The van der Waals surface area contributed by atoms with Gasteiger partial charge >= 0.3 is 0 Å². The molecule has 1 aliphatic heterocycles. The Morgan fingerprint density at radius 3 is 2.64 bits per heavy atom. The Kier molecular flexibility index (Phi) is 5.50. The van der Waals surface area contributed by atoms with Gasteiger partial charge in [0.15, 0.2) is 0 Å². The normalized spacial score (nSPS) is 16.2. The summed E-state index contributed by atoms with van der Waals surface area (Å²) < 4.78 is 0. The maximum atomic E-state index is 12.6. The van der Waals surface area contributed by atoms with E-state index in [1.807, 2.05) is 11.4 Å². The molecular formula is C19H23N3O2S. The molecule has 1 saturated heterocycles. The van der Waals surface area contributed by atoms with Crippen molar-refractivity contribution < 1.29 is 9.59 Å². The molecule has 6 heteroatoms. The highest BCUT2D eigenvalue weighted by Crippen LogP contribution is 2.27. The van der Waals surface area contributed by atoms with Gasteiger partial charge in [0, 0.05) is 11.9 Å². The van der Waals surface area contributed by atoms with Crippen LogP contribution in [0.25, 0.3) is 0 Å². The monoisotopic (exact) mass is 357 g/mol. The van der Waals surface area contributed by atoms with Crippen LogP contribution in [-0.4, -0.2) is 31.4 Å². The molecule has 0 saturated carbocycles. The lowest BCUT2D eigenvalue weighted by Gasteiger charge is -2.34. The number of para-hydroxylation sites is 1. The summed E-state index contributed by atoms with van der Waals surface area (Å²) in [5.41, 5.74) is 1.74. The highest BCUT2D eigenvalue weighted by Gasteiger charge is 2.27. The topological polar surface area (TPSA) is 70.2 Å². The maximum absolute atomic E-state index is 12.6. The molecular weight excluding hydrogens is 334 g/mol. The zero-order valence-electron chi connectivity index (χ0n) is 14.3. The first-order chi connectivity index (χ1) is 12.1. The number of nitrogens with one attached hydrogen (secondary N) is 3. The van der Waals surface area contributed by atoms with Gasteiger partial charge in [-0.1, -0.05) is 19.1 Å². The lowest BCUT2D eigenvalue weighted by atomic mass is 9.81. The molecule has 132 valence electrons. The van der Waals surface area contributed by atoms with Crippen LogP contribution in [-0.2, 0) is 0 Å². The number of hydrogen-bond acceptors (Lipinski definition) is 4. The molecule has 1 aromatic carbocycles. The minimum Gasteiger partial charge on any atom is -0.351 e. The third kappa shape index (κ3) is 4.46. The van der Waals surface area contributed by atoms with Crippen LogP contribution in [0.15, 0.2) is 41.1 Å². The standard InChI is InChI=1S/C19H23N3O2S/c1-19(7-9-20-10-8-19)13-21-18(24)15-4-2-3-5-16(15)22-17(23)14-6-11-25-12-14/h2-6,11-12,20H,7-10,13H2,1H3,(H,21,24)(H,22,23). The first kappa shape index (κ1) is 17.6. The third-order valence-electron chi connectivity index (χ3n) is 4.69. The number of carbonyl (C=O) groups is 2. The van der Waals surface area contributed by atoms with Gasteiger partial charge in [0.25, 0.3) is 11.8 Å². The predicted molar refractivity (Wildman–Crippen MR) is 101 cm³/mol. The number of hydrogen-bond donors (Lipinski definition) is 3. The Morgan fingerprint density at radius 2 is 1.92 bits per heavy atom. The minimum atomic E-state index is -0.202. The van der Waals surface area contributed by atoms with Crippen molar-refractivity contribution in [1.29, 1.82) is 0 Å². The van der Waals surface area contributed by atoms with E-state index in [2.05, 4.69) is 22.9 Å². The van der Waals surface area contributed by atoms with Crippen molar-refractivity contribution in [3.63, 3.8) is 0 Å². The molecule has 5 nitrogen and oxygen atoms in total. The summed E-state index contributed by atoms with van der Waals surface area (Å²) in [4.78, 5) is 24.9. The second-order valence-electron chi connectivity index (χ2n) is 6.76. The maximum Gasteiger partial charge on any atom is 0.256 e. The summed E-state index contributed by atoms with van der Waals surface area (Å²) in [7, 11) is 0. The largest absolute Gasteiger partial charge is 0.351 e. The molecule has 0 unspecified atom stereocenters. The van der Waals surface area contributed by atoms with Crippen LogP contribution in [0.3, 0.4) is 0 Å². The molecule has 25 heavy (non-hydrogen) atoms. The fraction of sp³-hybridized carbons (Fsp3) is 0.368. The van der Waals surface area contributed by atoms with Crippen molar-refractivity contribution in [2.45, 2.75) is 19.8 Å². The average molecular weight is 357 g/mol. The Labute approximate surface area is 151 Å². The highest BCUT2D eigenvalue weighted by atomic mass is 32.1. The van der Waals surface area contributed by atoms with E-state index in [0.29, 0.717) is 23.4 Å². The zero-order chi connectivity index (χ0) is 17.7. The van der Waals surface area contributed by atoms with Crippen LogP contribution in [0.2, 0.25) is 0 Å². The van der Waals surface area contributed by atoms with Crippen molar-refractivity contribution in [1.82, 2.24) is 10.6 Å². The number of anilines is 1. The molecule has 2 aromatic rings. The highest BCUT2D eigenvalue weighted by molar-refractivity contribution is 7.08. The number of amides is 2. The quantitative estimate of drug-likeness (QED) is 0.770. The van der Waals surface area contributed by atoms with Crippen molar-refractivity contribution in [3.8, 4) is 0 Å². The van der Waals surface area contributed by atoms with Crippen LogP contribution in [0.5, 0.6) is 0 Å². The smallest absolute Gasteiger partial charge is 0.256 e. The molecule has 2 heterocycles. The second-order valence-corrected chi connectivity index (χ2v) is 7.54. The molecule has 0 radical (unpaired) electrons. The van der Waals surface area contributed by atoms with Gasteiger partial charge in [-0.25, -0.2) is 0 Å². The number of thiophene rings is 1. The third-order valence-corrected chi connectivity index (χ3v) is 5.37. The Morgan fingerprint density at radius 1 is 1.16 bits per heavy atom. The van der Waals surface area contributed by atoms with Crippen LogP contribution in [0, 0.1) is 5.41 Å². The van der Waals surface area contributed by atoms with Gasteiger partial charge in [0.1, 0.15) is 0 Å². The summed E-state index contributed by atoms with van der Waals surface area (Å²) in [6.07, 6.45) is 2.09. The fourth-order valence-corrected chi connectivity index (χ4v) is 3.61. The Hall–Kier alpha value is -2.18. The summed E-state index contributed by atoms with van der Waals surface area (Å²) >= 11 is 1.47. The van der Waals surface area contributed by atoms with Gasteiger partial charge in [-0.15, -0.1) is 0 Å². The summed E-state index contributed by atoms with van der Waals surface area (Å²) in [5.74, 6) is -0.354. The van der Waals surface area contributed by atoms with Gasteiger partial charge < -0.3 is 16.0 Å². The van der Waals surface area contributed by atoms with E-state index in [4.69, 9.17) is 0 Å². The van der Waals surface area contributed by atoms with E-state index >= 15 is 0 Å². The SMILES string of the molecule is CC1(CNC(=O)c2ccccc2NC(=O)c2ccsc2)CCNCC1. The van der Waals surface area contributed by atoms with E-state index in [1.165, 1.54) is 11.3 Å². The van der Waals surface area contributed by atoms with Crippen LogP contribution in [0.1, 0.15) is 40.5 Å². The van der Waals surface area contributed by atoms with E-state index in [1.54, 1.807) is 29.6 Å². The van der Waals surface area contributed by atoms with E-state index in [-0.39, 0.29) is 17.2 Å². The van der Waals surface area contributed by atoms with Gasteiger partial charge in [-0.3, -0.25) is 9.59 Å². The molecule has 1 aromatic heterocycles. The molecule has 0 aliphatic carbocycles.